The summed E-state index contributed by atoms with van der Waals surface area (Å²) in [5, 5.41) is 19.8. The van der Waals surface area contributed by atoms with Crippen LogP contribution in [0.4, 0.5) is 0 Å². The molecule has 0 aliphatic carbocycles. The molecular formula is C16H16N2O2. The number of aliphatic hydroxyl groups is 2. The first-order chi connectivity index (χ1) is 9.81. The first-order valence-corrected chi connectivity index (χ1v) is 6.60. The molecule has 0 saturated heterocycles. The Bertz CT molecular complexity index is 707. The summed E-state index contributed by atoms with van der Waals surface area (Å²) in [6.45, 7) is 0.425. The lowest BCUT2D eigenvalue weighted by Crippen LogP contribution is -2.12. The van der Waals surface area contributed by atoms with Crippen LogP contribution in [0.3, 0.4) is 0 Å². The van der Waals surface area contributed by atoms with Crippen LogP contribution in [0.1, 0.15) is 17.5 Å². The van der Waals surface area contributed by atoms with Crippen molar-refractivity contribution in [3.63, 3.8) is 0 Å². The summed E-state index contributed by atoms with van der Waals surface area (Å²) in [6, 6.07) is 17.1. The van der Waals surface area contributed by atoms with Gasteiger partial charge in [-0.2, -0.15) is 0 Å². The van der Waals surface area contributed by atoms with Crippen LogP contribution in [-0.2, 0) is 6.54 Å². The Labute approximate surface area is 116 Å². The van der Waals surface area contributed by atoms with E-state index in [2.05, 4.69) is 4.98 Å². The van der Waals surface area contributed by atoms with E-state index >= 15 is 0 Å². The van der Waals surface area contributed by atoms with Gasteiger partial charge in [-0.1, -0.05) is 42.5 Å². The zero-order chi connectivity index (χ0) is 13.9. The molecule has 1 heterocycles. The number of aliphatic hydroxyl groups excluding tert-OH is 2. The molecule has 102 valence electrons. The first kappa shape index (κ1) is 12.8. The van der Waals surface area contributed by atoms with E-state index in [4.69, 9.17) is 0 Å². The summed E-state index contributed by atoms with van der Waals surface area (Å²) < 4.78 is 1.87. The minimum Gasteiger partial charge on any atom is -0.395 e. The van der Waals surface area contributed by atoms with Crippen LogP contribution in [0.5, 0.6) is 0 Å². The standard InChI is InChI=1S/C16H16N2O2/c19-11-10-18-14-9-5-4-8-13(14)17-16(18)15(20)12-6-2-1-3-7-12/h1-9,15,19-20H,10-11H2. The topological polar surface area (TPSA) is 58.3 Å². The van der Waals surface area contributed by atoms with Crippen LogP contribution in [0, 0.1) is 0 Å². The van der Waals surface area contributed by atoms with Gasteiger partial charge in [0.1, 0.15) is 11.9 Å². The second-order valence-corrected chi connectivity index (χ2v) is 4.65. The quantitative estimate of drug-likeness (QED) is 0.762. The Kier molecular flexibility index (Phi) is 3.50. The average Bonchev–Trinajstić information content (AvgIpc) is 2.87. The molecule has 4 nitrogen and oxygen atoms in total. The van der Waals surface area contributed by atoms with Crippen molar-refractivity contribution in [1.82, 2.24) is 9.55 Å². The molecule has 0 spiro atoms. The fourth-order valence-electron chi connectivity index (χ4n) is 2.42. The number of hydrogen-bond acceptors (Lipinski definition) is 3. The Morgan fingerprint density at radius 3 is 2.45 bits per heavy atom. The molecule has 0 saturated carbocycles. The molecular weight excluding hydrogens is 252 g/mol. The summed E-state index contributed by atoms with van der Waals surface area (Å²) in [4.78, 5) is 4.51. The van der Waals surface area contributed by atoms with Crippen LogP contribution in [-0.4, -0.2) is 26.4 Å². The smallest absolute Gasteiger partial charge is 0.143 e. The predicted octanol–water partition coefficient (Wildman–Crippen LogP) is 2.11. The maximum absolute atomic E-state index is 10.5. The molecule has 20 heavy (non-hydrogen) atoms. The summed E-state index contributed by atoms with van der Waals surface area (Å²) in [6.07, 6.45) is -0.796. The van der Waals surface area contributed by atoms with Crippen LogP contribution in [0.2, 0.25) is 0 Å². The van der Waals surface area contributed by atoms with E-state index in [0.717, 1.165) is 16.6 Å². The van der Waals surface area contributed by atoms with Gasteiger partial charge in [0.15, 0.2) is 0 Å². The zero-order valence-electron chi connectivity index (χ0n) is 11.0. The highest BCUT2D eigenvalue weighted by Crippen LogP contribution is 2.25. The number of imidazole rings is 1. The van der Waals surface area contributed by atoms with Gasteiger partial charge in [0.25, 0.3) is 0 Å². The molecule has 0 aliphatic rings. The zero-order valence-corrected chi connectivity index (χ0v) is 11.0. The summed E-state index contributed by atoms with van der Waals surface area (Å²) in [5.41, 5.74) is 2.54. The highest BCUT2D eigenvalue weighted by Gasteiger charge is 2.19. The van der Waals surface area contributed by atoms with Gasteiger partial charge in [-0.25, -0.2) is 4.98 Å². The second kappa shape index (κ2) is 5.45. The van der Waals surface area contributed by atoms with E-state index < -0.39 is 6.10 Å². The Balaban J connectivity index is 2.12. The maximum Gasteiger partial charge on any atom is 0.143 e. The number of benzene rings is 2. The van der Waals surface area contributed by atoms with Gasteiger partial charge >= 0.3 is 0 Å². The van der Waals surface area contributed by atoms with Crippen molar-refractivity contribution < 1.29 is 10.2 Å². The third-order valence-corrected chi connectivity index (χ3v) is 3.37. The third-order valence-electron chi connectivity index (χ3n) is 3.37. The van der Waals surface area contributed by atoms with E-state index in [9.17, 15) is 10.2 Å². The van der Waals surface area contributed by atoms with Crippen molar-refractivity contribution in [3.8, 4) is 0 Å². The van der Waals surface area contributed by atoms with Gasteiger partial charge < -0.3 is 14.8 Å². The average molecular weight is 268 g/mol. The van der Waals surface area contributed by atoms with E-state index in [1.807, 2.05) is 59.2 Å². The van der Waals surface area contributed by atoms with E-state index in [-0.39, 0.29) is 6.61 Å². The molecule has 2 N–H and O–H groups in total. The summed E-state index contributed by atoms with van der Waals surface area (Å²) in [5.74, 6) is 0.562. The highest BCUT2D eigenvalue weighted by atomic mass is 16.3. The van der Waals surface area contributed by atoms with Gasteiger partial charge in [-0.3, -0.25) is 0 Å². The minimum absolute atomic E-state index is 0.00879. The number of para-hydroxylation sites is 2. The molecule has 0 fully saturated rings. The number of nitrogens with zero attached hydrogens (tertiary/aromatic N) is 2. The van der Waals surface area contributed by atoms with Crippen LogP contribution >= 0.6 is 0 Å². The van der Waals surface area contributed by atoms with Crippen molar-refractivity contribution in [2.45, 2.75) is 12.6 Å². The normalized spacial score (nSPS) is 12.7. The third kappa shape index (κ3) is 2.19. The van der Waals surface area contributed by atoms with Crippen molar-refractivity contribution >= 4 is 11.0 Å². The molecule has 2 aromatic carbocycles. The molecule has 0 amide bonds. The molecule has 0 radical (unpaired) electrons. The summed E-state index contributed by atoms with van der Waals surface area (Å²) >= 11 is 0. The Morgan fingerprint density at radius 2 is 1.70 bits per heavy atom. The van der Waals surface area contributed by atoms with E-state index in [1.165, 1.54) is 0 Å². The van der Waals surface area contributed by atoms with Gasteiger partial charge in [-0.05, 0) is 17.7 Å². The molecule has 1 atom stereocenters. The number of aromatic nitrogens is 2. The lowest BCUT2D eigenvalue weighted by molar-refractivity contribution is 0.200. The predicted molar refractivity (Wildman–Crippen MR) is 77.3 cm³/mol. The number of rotatable bonds is 4. The van der Waals surface area contributed by atoms with Crippen molar-refractivity contribution in [3.05, 3.63) is 66.0 Å². The lowest BCUT2D eigenvalue weighted by Gasteiger charge is -2.13. The molecule has 3 aromatic rings. The fourth-order valence-corrected chi connectivity index (χ4v) is 2.42. The molecule has 0 bridgehead atoms. The largest absolute Gasteiger partial charge is 0.395 e. The van der Waals surface area contributed by atoms with Gasteiger partial charge in [0.05, 0.1) is 17.6 Å². The Morgan fingerprint density at radius 1 is 1.00 bits per heavy atom. The van der Waals surface area contributed by atoms with Crippen molar-refractivity contribution in [2.75, 3.05) is 6.61 Å². The van der Waals surface area contributed by atoms with Crippen molar-refractivity contribution in [1.29, 1.82) is 0 Å². The monoisotopic (exact) mass is 268 g/mol. The number of hydrogen-bond donors (Lipinski definition) is 2. The van der Waals surface area contributed by atoms with Gasteiger partial charge in [0.2, 0.25) is 0 Å². The van der Waals surface area contributed by atoms with Gasteiger partial charge in [0, 0.05) is 6.54 Å². The second-order valence-electron chi connectivity index (χ2n) is 4.65. The number of fused-ring (bicyclic) bond motifs is 1. The fraction of sp³-hybridized carbons (Fsp3) is 0.188. The van der Waals surface area contributed by atoms with E-state index in [1.54, 1.807) is 0 Å². The van der Waals surface area contributed by atoms with Crippen molar-refractivity contribution in [2.24, 2.45) is 0 Å². The molecule has 0 aliphatic heterocycles. The van der Waals surface area contributed by atoms with Crippen LogP contribution in [0.15, 0.2) is 54.6 Å². The molecule has 3 rings (SSSR count). The highest BCUT2D eigenvalue weighted by molar-refractivity contribution is 5.76. The lowest BCUT2D eigenvalue weighted by atomic mass is 10.1. The molecule has 1 unspecified atom stereocenters. The molecule has 1 aromatic heterocycles. The minimum atomic E-state index is -0.796. The van der Waals surface area contributed by atoms with Crippen LogP contribution < -0.4 is 0 Å². The first-order valence-electron chi connectivity index (χ1n) is 6.60. The SMILES string of the molecule is OCCn1c(C(O)c2ccccc2)nc2ccccc21. The molecule has 4 heteroatoms. The van der Waals surface area contributed by atoms with Gasteiger partial charge in [-0.15, -0.1) is 0 Å². The maximum atomic E-state index is 10.5. The summed E-state index contributed by atoms with van der Waals surface area (Å²) in [7, 11) is 0. The van der Waals surface area contributed by atoms with E-state index in [0.29, 0.717) is 12.4 Å². The van der Waals surface area contributed by atoms with Crippen LogP contribution in [0.25, 0.3) is 11.0 Å². The Hall–Kier alpha value is -2.17.